The van der Waals surface area contributed by atoms with E-state index in [9.17, 15) is 23.3 Å². The van der Waals surface area contributed by atoms with Crippen LogP contribution < -0.4 is 9.62 Å². The van der Waals surface area contributed by atoms with E-state index in [0.29, 0.717) is 11.3 Å². The van der Waals surface area contributed by atoms with Crippen LogP contribution in [0.5, 0.6) is 0 Å². The molecule has 1 atom stereocenters. The molecule has 3 aromatic carbocycles. The van der Waals surface area contributed by atoms with Crippen LogP contribution in [0.3, 0.4) is 0 Å². The second-order valence-corrected chi connectivity index (χ2v) is 11.4. The summed E-state index contributed by atoms with van der Waals surface area (Å²) in [5, 5.41) is 13.6. The third-order valence-electron chi connectivity index (χ3n) is 6.12. The predicted molar refractivity (Wildman–Crippen MR) is 134 cm³/mol. The van der Waals surface area contributed by atoms with E-state index in [1.165, 1.54) is 16.4 Å². The van der Waals surface area contributed by atoms with Crippen molar-refractivity contribution in [2.24, 2.45) is 0 Å². The monoisotopic (exact) mass is 493 g/mol. The van der Waals surface area contributed by atoms with E-state index < -0.39 is 26.9 Å². The van der Waals surface area contributed by atoms with Gasteiger partial charge in [-0.05, 0) is 40.3 Å². The SMILES string of the molecule is CC(C)(C)c1ccc(S(=O)(=O)N2c3ccccc3C[C@H]2C(=O)NCc2ccc([N+](=O)[O-])cc2)cc1. The molecule has 1 amide bonds. The number of nitrogens with zero attached hydrogens (tertiary/aromatic N) is 2. The molecule has 9 heteroatoms. The van der Waals surface area contributed by atoms with Crippen molar-refractivity contribution in [2.75, 3.05) is 4.31 Å². The second-order valence-electron chi connectivity index (χ2n) is 9.57. The Bertz CT molecular complexity index is 1360. The summed E-state index contributed by atoms with van der Waals surface area (Å²) >= 11 is 0. The van der Waals surface area contributed by atoms with Crippen LogP contribution in [-0.2, 0) is 33.2 Å². The number of nitro groups is 1. The topological polar surface area (TPSA) is 110 Å². The van der Waals surface area contributed by atoms with Gasteiger partial charge in [-0.15, -0.1) is 0 Å². The number of benzene rings is 3. The second kappa shape index (κ2) is 9.14. The molecule has 1 aliphatic rings. The summed E-state index contributed by atoms with van der Waals surface area (Å²) in [6, 6.07) is 18.8. The fourth-order valence-corrected chi connectivity index (χ4v) is 5.79. The lowest BCUT2D eigenvalue weighted by atomic mass is 9.87. The number of sulfonamides is 1. The van der Waals surface area contributed by atoms with Gasteiger partial charge in [0.2, 0.25) is 5.91 Å². The highest BCUT2D eigenvalue weighted by Gasteiger charge is 2.42. The molecule has 0 aromatic heterocycles. The normalized spacial score (nSPS) is 15.5. The molecule has 1 N–H and O–H groups in total. The Morgan fingerprint density at radius 2 is 1.66 bits per heavy atom. The van der Waals surface area contributed by atoms with Gasteiger partial charge in [-0.2, -0.15) is 0 Å². The summed E-state index contributed by atoms with van der Waals surface area (Å²) in [5.41, 5.74) is 2.78. The van der Waals surface area contributed by atoms with Crippen LogP contribution in [0.15, 0.2) is 77.7 Å². The third kappa shape index (κ3) is 4.90. The number of carbonyl (C=O) groups excluding carboxylic acids is 1. The molecular weight excluding hydrogens is 466 g/mol. The molecule has 0 saturated heterocycles. The van der Waals surface area contributed by atoms with Gasteiger partial charge in [0.1, 0.15) is 6.04 Å². The Morgan fingerprint density at radius 3 is 2.26 bits per heavy atom. The molecule has 1 heterocycles. The Labute approximate surface area is 204 Å². The predicted octanol–water partition coefficient (Wildman–Crippen LogP) is 4.33. The van der Waals surface area contributed by atoms with Gasteiger partial charge in [0.05, 0.1) is 15.5 Å². The van der Waals surface area contributed by atoms with E-state index in [1.807, 2.05) is 12.1 Å². The third-order valence-corrected chi connectivity index (χ3v) is 7.96. The van der Waals surface area contributed by atoms with Gasteiger partial charge < -0.3 is 5.32 Å². The number of anilines is 1. The van der Waals surface area contributed by atoms with E-state index in [2.05, 4.69) is 26.1 Å². The Balaban J connectivity index is 1.60. The van der Waals surface area contributed by atoms with Gasteiger partial charge in [0.15, 0.2) is 0 Å². The van der Waals surface area contributed by atoms with Crippen LogP contribution in [0.4, 0.5) is 11.4 Å². The van der Waals surface area contributed by atoms with Gasteiger partial charge in [-0.25, -0.2) is 8.42 Å². The Kier molecular flexibility index (Phi) is 6.38. The molecular formula is C26H27N3O5S. The summed E-state index contributed by atoms with van der Waals surface area (Å²) in [4.78, 5) is 23.7. The fraction of sp³-hybridized carbons (Fsp3) is 0.269. The summed E-state index contributed by atoms with van der Waals surface area (Å²) in [6.07, 6.45) is 0.252. The number of carbonyl (C=O) groups is 1. The number of nitrogens with one attached hydrogen (secondary N) is 1. The molecule has 0 bridgehead atoms. The maximum absolute atomic E-state index is 13.7. The number of para-hydroxylation sites is 1. The molecule has 182 valence electrons. The van der Waals surface area contributed by atoms with Gasteiger partial charge in [0, 0.05) is 25.1 Å². The summed E-state index contributed by atoms with van der Waals surface area (Å²) in [7, 11) is -4.01. The zero-order valence-electron chi connectivity index (χ0n) is 19.8. The maximum atomic E-state index is 13.7. The first-order valence-electron chi connectivity index (χ1n) is 11.2. The minimum atomic E-state index is -4.01. The van der Waals surface area contributed by atoms with E-state index >= 15 is 0 Å². The first-order valence-corrected chi connectivity index (χ1v) is 12.7. The molecule has 1 aliphatic heterocycles. The van der Waals surface area contributed by atoms with Crippen molar-refractivity contribution in [3.8, 4) is 0 Å². The minimum absolute atomic E-state index is 0.0407. The largest absolute Gasteiger partial charge is 0.350 e. The van der Waals surface area contributed by atoms with Crippen molar-refractivity contribution >= 4 is 27.3 Å². The van der Waals surface area contributed by atoms with Crippen LogP contribution in [0.1, 0.15) is 37.5 Å². The number of fused-ring (bicyclic) bond motifs is 1. The molecule has 3 aromatic rings. The van der Waals surface area contributed by atoms with Crippen LogP contribution >= 0.6 is 0 Å². The van der Waals surface area contributed by atoms with Crippen molar-refractivity contribution in [1.82, 2.24) is 5.32 Å². The van der Waals surface area contributed by atoms with Crippen LogP contribution in [0, 0.1) is 10.1 Å². The quantitative estimate of drug-likeness (QED) is 0.406. The van der Waals surface area contributed by atoms with E-state index in [1.54, 1.807) is 48.5 Å². The van der Waals surface area contributed by atoms with E-state index in [4.69, 9.17) is 0 Å². The molecule has 0 unspecified atom stereocenters. The molecule has 0 radical (unpaired) electrons. The van der Waals surface area contributed by atoms with Crippen molar-refractivity contribution in [1.29, 1.82) is 0 Å². The van der Waals surface area contributed by atoms with Crippen molar-refractivity contribution in [3.05, 3.63) is 99.6 Å². The highest BCUT2D eigenvalue weighted by molar-refractivity contribution is 7.93. The molecule has 0 spiro atoms. The minimum Gasteiger partial charge on any atom is -0.350 e. The Morgan fingerprint density at radius 1 is 1.03 bits per heavy atom. The zero-order valence-corrected chi connectivity index (χ0v) is 20.6. The number of hydrogen-bond donors (Lipinski definition) is 1. The Hall–Kier alpha value is -3.72. The molecule has 4 rings (SSSR count). The highest BCUT2D eigenvalue weighted by atomic mass is 32.2. The van der Waals surface area contributed by atoms with E-state index in [-0.39, 0.29) is 29.0 Å². The number of amides is 1. The number of nitro benzene ring substituents is 1. The molecule has 0 saturated carbocycles. The number of hydrogen-bond acceptors (Lipinski definition) is 5. The van der Waals surface area contributed by atoms with Crippen molar-refractivity contribution in [3.63, 3.8) is 0 Å². The highest BCUT2D eigenvalue weighted by Crippen LogP contribution is 2.37. The van der Waals surface area contributed by atoms with Crippen molar-refractivity contribution in [2.45, 2.75) is 50.1 Å². The maximum Gasteiger partial charge on any atom is 0.269 e. The van der Waals surface area contributed by atoms with Gasteiger partial charge in [0.25, 0.3) is 15.7 Å². The average molecular weight is 494 g/mol. The van der Waals surface area contributed by atoms with Gasteiger partial charge in [-0.3, -0.25) is 19.2 Å². The lowest BCUT2D eigenvalue weighted by molar-refractivity contribution is -0.384. The molecule has 0 aliphatic carbocycles. The fourth-order valence-electron chi connectivity index (χ4n) is 4.14. The van der Waals surface area contributed by atoms with Gasteiger partial charge in [-0.1, -0.05) is 63.2 Å². The summed E-state index contributed by atoms with van der Waals surface area (Å²) in [5.74, 6) is -0.436. The summed E-state index contributed by atoms with van der Waals surface area (Å²) < 4.78 is 28.7. The van der Waals surface area contributed by atoms with Crippen LogP contribution in [0.25, 0.3) is 0 Å². The first-order chi connectivity index (χ1) is 16.5. The van der Waals surface area contributed by atoms with Crippen LogP contribution in [0.2, 0.25) is 0 Å². The van der Waals surface area contributed by atoms with Crippen molar-refractivity contribution < 1.29 is 18.1 Å². The van der Waals surface area contributed by atoms with Crippen LogP contribution in [-0.4, -0.2) is 25.3 Å². The molecule has 35 heavy (non-hydrogen) atoms. The number of rotatable bonds is 6. The number of non-ortho nitro benzene ring substituents is 1. The molecule has 8 nitrogen and oxygen atoms in total. The van der Waals surface area contributed by atoms with Gasteiger partial charge >= 0.3 is 0 Å². The first kappa shape index (κ1) is 24.4. The standard InChI is InChI=1S/C26H27N3O5S/c1-26(2,3)20-10-14-22(15-11-20)35(33,34)28-23-7-5-4-6-19(23)16-24(28)25(30)27-17-18-8-12-21(13-9-18)29(31)32/h4-15,24H,16-17H2,1-3H3,(H,27,30)/t24-/m0/s1. The summed E-state index contributed by atoms with van der Waals surface area (Å²) in [6.45, 7) is 6.29. The lowest BCUT2D eigenvalue weighted by Crippen LogP contribution is -2.47. The average Bonchev–Trinajstić information content (AvgIpc) is 3.23. The van der Waals surface area contributed by atoms with E-state index in [0.717, 1.165) is 11.1 Å². The lowest BCUT2D eigenvalue weighted by Gasteiger charge is -2.27. The smallest absolute Gasteiger partial charge is 0.269 e. The zero-order chi connectivity index (χ0) is 25.4. The molecule has 0 fully saturated rings.